The minimum Gasteiger partial charge on any atom is -0.351 e. The molecule has 0 aliphatic carbocycles. The Kier molecular flexibility index (Phi) is 4.53. The van der Waals surface area contributed by atoms with Crippen molar-refractivity contribution in [2.45, 2.75) is 12.8 Å². The normalized spacial score (nSPS) is 15.4. The molecule has 4 heteroatoms. The Labute approximate surface area is 147 Å². The third kappa shape index (κ3) is 3.59. The SMILES string of the molecule is O=C(NCC1CCNCC1)c1cc2ccc(-c3ccccc3)cc2[nH]1. The fourth-order valence-electron chi connectivity index (χ4n) is 3.48. The highest BCUT2D eigenvalue weighted by molar-refractivity contribution is 5.98. The van der Waals surface area contributed by atoms with Gasteiger partial charge in [0.1, 0.15) is 5.69 Å². The second-order valence-electron chi connectivity index (χ2n) is 6.75. The topological polar surface area (TPSA) is 56.9 Å². The van der Waals surface area contributed by atoms with Gasteiger partial charge in [-0.3, -0.25) is 4.79 Å². The van der Waals surface area contributed by atoms with E-state index in [0.29, 0.717) is 11.6 Å². The average Bonchev–Trinajstić information content (AvgIpc) is 3.11. The summed E-state index contributed by atoms with van der Waals surface area (Å²) < 4.78 is 0. The highest BCUT2D eigenvalue weighted by atomic mass is 16.1. The Morgan fingerprint density at radius 1 is 1.00 bits per heavy atom. The Morgan fingerprint density at radius 3 is 2.60 bits per heavy atom. The van der Waals surface area contributed by atoms with E-state index in [1.807, 2.05) is 24.3 Å². The molecule has 128 valence electrons. The van der Waals surface area contributed by atoms with Crippen LogP contribution in [0.4, 0.5) is 0 Å². The highest BCUT2D eigenvalue weighted by Gasteiger charge is 2.15. The molecule has 0 bridgehead atoms. The monoisotopic (exact) mass is 333 g/mol. The summed E-state index contributed by atoms with van der Waals surface area (Å²) >= 11 is 0. The van der Waals surface area contributed by atoms with E-state index in [4.69, 9.17) is 0 Å². The summed E-state index contributed by atoms with van der Waals surface area (Å²) in [6, 6.07) is 18.5. The van der Waals surface area contributed by atoms with Crippen molar-refractivity contribution in [2.24, 2.45) is 5.92 Å². The van der Waals surface area contributed by atoms with Gasteiger partial charge in [-0.05, 0) is 55.1 Å². The largest absolute Gasteiger partial charge is 0.351 e. The van der Waals surface area contributed by atoms with E-state index >= 15 is 0 Å². The predicted octanol–water partition coefficient (Wildman–Crippen LogP) is 3.56. The van der Waals surface area contributed by atoms with Crippen molar-refractivity contribution in [2.75, 3.05) is 19.6 Å². The van der Waals surface area contributed by atoms with E-state index in [1.165, 1.54) is 5.56 Å². The van der Waals surface area contributed by atoms with Gasteiger partial charge in [-0.25, -0.2) is 0 Å². The van der Waals surface area contributed by atoms with Crippen LogP contribution in [-0.4, -0.2) is 30.5 Å². The molecule has 1 aliphatic heterocycles. The molecule has 1 amide bonds. The number of piperidine rings is 1. The molecule has 3 aromatic rings. The quantitative estimate of drug-likeness (QED) is 0.684. The van der Waals surface area contributed by atoms with Gasteiger partial charge in [0.25, 0.3) is 5.91 Å². The standard InChI is InChI=1S/C21H23N3O/c25-21(23-14-15-8-10-22-11-9-15)20-13-18-7-6-17(12-19(18)24-20)16-4-2-1-3-5-16/h1-7,12-13,15,22,24H,8-11,14H2,(H,23,25). The summed E-state index contributed by atoms with van der Waals surface area (Å²) in [5.41, 5.74) is 3.95. The number of nitrogens with one attached hydrogen (secondary N) is 3. The number of rotatable bonds is 4. The van der Waals surface area contributed by atoms with Crippen molar-refractivity contribution >= 4 is 16.8 Å². The van der Waals surface area contributed by atoms with Crippen molar-refractivity contribution in [1.82, 2.24) is 15.6 Å². The first kappa shape index (κ1) is 15.9. The van der Waals surface area contributed by atoms with Crippen molar-refractivity contribution in [3.63, 3.8) is 0 Å². The van der Waals surface area contributed by atoms with E-state index < -0.39 is 0 Å². The van der Waals surface area contributed by atoms with Gasteiger partial charge in [-0.1, -0.05) is 42.5 Å². The number of H-pyrrole nitrogens is 1. The van der Waals surface area contributed by atoms with E-state index in [2.05, 4.69) is 45.9 Å². The summed E-state index contributed by atoms with van der Waals surface area (Å²) in [7, 11) is 0. The van der Waals surface area contributed by atoms with Crippen molar-refractivity contribution in [3.05, 3.63) is 60.3 Å². The van der Waals surface area contributed by atoms with Crippen LogP contribution in [0.5, 0.6) is 0 Å². The maximum absolute atomic E-state index is 12.5. The van der Waals surface area contributed by atoms with Crippen molar-refractivity contribution in [3.8, 4) is 11.1 Å². The first-order valence-corrected chi connectivity index (χ1v) is 8.97. The molecule has 2 heterocycles. The number of amides is 1. The molecule has 25 heavy (non-hydrogen) atoms. The van der Waals surface area contributed by atoms with E-state index in [9.17, 15) is 4.79 Å². The highest BCUT2D eigenvalue weighted by Crippen LogP contribution is 2.24. The Balaban J connectivity index is 1.49. The Hall–Kier alpha value is -2.59. The molecule has 1 fully saturated rings. The number of aromatic nitrogens is 1. The van der Waals surface area contributed by atoms with Crippen LogP contribution in [0.3, 0.4) is 0 Å². The number of aromatic amines is 1. The number of carbonyl (C=O) groups is 1. The van der Waals surface area contributed by atoms with Gasteiger partial charge in [-0.15, -0.1) is 0 Å². The fraction of sp³-hybridized carbons (Fsp3) is 0.286. The van der Waals surface area contributed by atoms with Crippen LogP contribution in [0.15, 0.2) is 54.6 Å². The molecular weight excluding hydrogens is 310 g/mol. The van der Waals surface area contributed by atoms with Gasteiger partial charge < -0.3 is 15.6 Å². The molecule has 1 aromatic heterocycles. The third-order valence-corrected chi connectivity index (χ3v) is 4.98. The van der Waals surface area contributed by atoms with Crippen LogP contribution < -0.4 is 10.6 Å². The van der Waals surface area contributed by atoms with Crippen LogP contribution in [0.2, 0.25) is 0 Å². The molecule has 0 unspecified atom stereocenters. The second kappa shape index (κ2) is 7.11. The van der Waals surface area contributed by atoms with Crippen LogP contribution in [0, 0.1) is 5.92 Å². The van der Waals surface area contributed by atoms with E-state index in [1.54, 1.807) is 0 Å². The van der Waals surface area contributed by atoms with Crippen LogP contribution in [0.1, 0.15) is 23.3 Å². The molecule has 4 rings (SSSR count). The van der Waals surface area contributed by atoms with Crippen LogP contribution in [0.25, 0.3) is 22.0 Å². The number of benzene rings is 2. The maximum Gasteiger partial charge on any atom is 0.267 e. The zero-order chi connectivity index (χ0) is 17.1. The summed E-state index contributed by atoms with van der Waals surface area (Å²) in [5.74, 6) is 0.565. The average molecular weight is 333 g/mol. The lowest BCUT2D eigenvalue weighted by Gasteiger charge is -2.22. The van der Waals surface area contributed by atoms with E-state index in [0.717, 1.165) is 48.9 Å². The lowest BCUT2D eigenvalue weighted by molar-refractivity contribution is 0.0940. The molecule has 0 saturated carbocycles. The first-order chi connectivity index (χ1) is 12.3. The third-order valence-electron chi connectivity index (χ3n) is 4.98. The molecule has 0 spiro atoms. The summed E-state index contributed by atoms with van der Waals surface area (Å²) in [5, 5.41) is 7.49. The minimum absolute atomic E-state index is 0.0176. The molecule has 0 radical (unpaired) electrons. The first-order valence-electron chi connectivity index (χ1n) is 8.97. The van der Waals surface area contributed by atoms with Gasteiger partial charge in [0, 0.05) is 17.4 Å². The molecule has 1 aliphatic rings. The predicted molar refractivity (Wildman–Crippen MR) is 102 cm³/mol. The zero-order valence-electron chi connectivity index (χ0n) is 14.2. The summed E-state index contributed by atoms with van der Waals surface area (Å²) in [6.07, 6.45) is 2.26. The summed E-state index contributed by atoms with van der Waals surface area (Å²) in [4.78, 5) is 15.7. The van der Waals surface area contributed by atoms with Crippen molar-refractivity contribution in [1.29, 1.82) is 0 Å². The Bertz CT molecular complexity index is 863. The number of carbonyl (C=O) groups excluding carboxylic acids is 1. The second-order valence-corrected chi connectivity index (χ2v) is 6.75. The Morgan fingerprint density at radius 2 is 1.80 bits per heavy atom. The van der Waals surface area contributed by atoms with Crippen LogP contribution >= 0.6 is 0 Å². The lowest BCUT2D eigenvalue weighted by atomic mass is 9.98. The smallest absolute Gasteiger partial charge is 0.267 e. The van der Waals surface area contributed by atoms with E-state index in [-0.39, 0.29) is 5.91 Å². The minimum atomic E-state index is -0.0176. The zero-order valence-corrected chi connectivity index (χ0v) is 14.2. The molecule has 3 N–H and O–H groups in total. The maximum atomic E-state index is 12.5. The molecule has 2 aromatic carbocycles. The van der Waals surface area contributed by atoms with Crippen molar-refractivity contribution < 1.29 is 4.79 Å². The molecule has 4 nitrogen and oxygen atoms in total. The van der Waals surface area contributed by atoms with Gasteiger partial charge >= 0.3 is 0 Å². The number of fused-ring (bicyclic) bond motifs is 1. The fourth-order valence-corrected chi connectivity index (χ4v) is 3.48. The van der Waals surface area contributed by atoms with Gasteiger partial charge in [0.15, 0.2) is 0 Å². The van der Waals surface area contributed by atoms with Gasteiger partial charge in [0.05, 0.1) is 0 Å². The molecular formula is C21H23N3O. The molecule has 1 saturated heterocycles. The lowest BCUT2D eigenvalue weighted by Crippen LogP contribution is -2.36. The van der Waals surface area contributed by atoms with Gasteiger partial charge in [0.2, 0.25) is 0 Å². The van der Waals surface area contributed by atoms with Crippen LogP contribution in [-0.2, 0) is 0 Å². The number of hydrogen-bond acceptors (Lipinski definition) is 2. The summed E-state index contributed by atoms with van der Waals surface area (Å²) in [6.45, 7) is 2.86. The molecule has 0 atom stereocenters. The van der Waals surface area contributed by atoms with Gasteiger partial charge in [-0.2, -0.15) is 0 Å². The number of hydrogen-bond donors (Lipinski definition) is 3.